The van der Waals surface area contributed by atoms with Crippen LogP contribution in [0, 0.1) is 0 Å². The van der Waals surface area contributed by atoms with Crippen molar-refractivity contribution >= 4 is 40.9 Å². The van der Waals surface area contributed by atoms with Crippen LogP contribution in [0.4, 0.5) is 0 Å². The number of nitrogens with one attached hydrogen (secondary N) is 1. The lowest BCUT2D eigenvalue weighted by molar-refractivity contribution is -0.120. The van der Waals surface area contributed by atoms with Gasteiger partial charge in [0, 0.05) is 10.9 Å². The average Bonchev–Trinajstić information content (AvgIpc) is 2.22. The SMILES string of the molecule is CC(C)NC(=O)[C@H](C)Sc1c(Cl)cccc1Cl. The second-order valence-corrected chi connectivity index (χ2v) is 6.14. The molecule has 5 heteroatoms. The standard InChI is InChI=1S/C12H15Cl2NOS/c1-7(2)15-12(16)8(3)17-11-9(13)5-4-6-10(11)14/h4-8H,1-3H3,(H,15,16)/t8-/m0/s1. The number of thioether (sulfide) groups is 1. The normalized spacial score (nSPS) is 12.6. The second kappa shape index (κ2) is 6.53. The molecule has 17 heavy (non-hydrogen) atoms. The minimum atomic E-state index is -0.227. The number of hydrogen-bond donors (Lipinski definition) is 1. The summed E-state index contributed by atoms with van der Waals surface area (Å²) in [5.41, 5.74) is 0. The molecule has 1 N–H and O–H groups in total. The molecular weight excluding hydrogens is 277 g/mol. The van der Waals surface area contributed by atoms with E-state index < -0.39 is 0 Å². The first-order valence-electron chi connectivity index (χ1n) is 5.33. The third-order valence-corrected chi connectivity index (χ3v) is 4.11. The van der Waals surface area contributed by atoms with E-state index in [1.807, 2.05) is 20.8 Å². The molecular formula is C12H15Cl2NOS. The van der Waals surface area contributed by atoms with Crippen molar-refractivity contribution in [3.8, 4) is 0 Å². The number of hydrogen-bond acceptors (Lipinski definition) is 2. The van der Waals surface area contributed by atoms with Gasteiger partial charge in [-0.1, -0.05) is 29.3 Å². The fraction of sp³-hybridized carbons (Fsp3) is 0.417. The lowest BCUT2D eigenvalue weighted by Gasteiger charge is -2.15. The Kier molecular flexibility index (Phi) is 5.63. The number of benzene rings is 1. The number of rotatable bonds is 4. The molecule has 0 aromatic heterocycles. The van der Waals surface area contributed by atoms with Gasteiger partial charge in [0.2, 0.25) is 5.91 Å². The summed E-state index contributed by atoms with van der Waals surface area (Å²) in [5, 5.41) is 3.78. The van der Waals surface area contributed by atoms with Crippen molar-refractivity contribution in [2.75, 3.05) is 0 Å². The Morgan fingerprint density at radius 3 is 2.24 bits per heavy atom. The Morgan fingerprint density at radius 1 is 1.24 bits per heavy atom. The first kappa shape index (κ1) is 14.7. The third kappa shape index (κ3) is 4.41. The van der Waals surface area contributed by atoms with Crippen LogP contribution in [-0.4, -0.2) is 17.2 Å². The molecule has 0 spiro atoms. The van der Waals surface area contributed by atoms with Gasteiger partial charge in [0.25, 0.3) is 0 Å². The van der Waals surface area contributed by atoms with Crippen LogP contribution in [0.1, 0.15) is 20.8 Å². The van der Waals surface area contributed by atoms with E-state index in [2.05, 4.69) is 5.32 Å². The summed E-state index contributed by atoms with van der Waals surface area (Å²) >= 11 is 13.5. The number of amides is 1. The predicted octanol–water partition coefficient (Wildman–Crippen LogP) is 4.00. The molecule has 1 atom stereocenters. The third-order valence-electron chi connectivity index (χ3n) is 2.01. The van der Waals surface area contributed by atoms with E-state index in [9.17, 15) is 4.79 Å². The van der Waals surface area contributed by atoms with Crippen LogP contribution in [0.2, 0.25) is 10.0 Å². The van der Waals surface area contributed by atoms with Crippen LogP contribution in [0.25, 0.3) is 0 Å². The zero-order chi connectivity index (χ0) is 13.0. The summed E-state index contributed by atoms with van der Waals surface area (Å²) in [5.74, 6) is -0.0130. The molecule has 0 unspecified atom stereocenters. The minimum Gasteiger partial charge on any atom is -0.353 e. The van der Waals surface area contributed by atoms with E-state index in [0.29, 0.717) is 10.0 Å². The van der Waals surface area contributed by atoms with Crippen molar-refractivity contribution in [2.24, 2.45) is 0 Å². The van der Waals surface area contributed by atoms with Gasteiger partial charge in [-0.15, -0.1) is 11.8 Å². The Bertz CT molecular complexity index is 389. The maximum absolute atomic E-state index is 11.8. The van der Waals surface area contributed by atoms with Crippen LogP contribution in [0.5, 0.6) is 0 Å². The largest absolute Gasteiger partial charge is 0.353 e. The highest BCUT2D eigenvalue weighted by Gasteiger charge is 2.18. The van der Waals surface area contributed by atoms with Gasteiger partial charge in [0.05, 0.1) is 15.3 Å². The second-order valence-electron chi connectivity index (χ2n) is 3.97. The van der Waals surface area contributed by atoms with Crippen molar-refractivity contribution in [1.29, 1.82) is 0 Å². The summed E-state index contributed by atoms with van der Waals surface area (Å²) in [7, 11) is 0. The van der Waals surface area contributed by atoms with Gasteiger partial charge < -0.3 is 5.32 Å². The molecule has 2 nitrogen and oxygen atoms in total. The van der Waals surface area contributed by atoms with E-state index in [0.717, 1.165) is 4.90 Å². The van der Waals surface area contributed by atoms with Gasteiger partial charge in [0.15, 0.2) is 0 Å². The van der Waals surface area contributed by atoms with Crippen LogP contribution < -0.4 is 5.32 Å². The highest BCUT2D eigenvalue weighted by Crippen LogP contribution is 2.36. The van der Waals surface area contributed by atoms with Gasteiger partial charge in [0.1, 0.15) is 0 Å². The van der Waals surface area contributed by atoms with Crippen LogP contribution in [0.15, 0.2) is 23.1 Å². The molecule has 1 rings (SSSR count). The fourth-order valence-electron chi connectivity index (χ4n) is 1.23. The van der Waals surface area contributed by atoms with E-state index >= 15 is 0 Å². The van der Waals surface area contributed by atoms with Crippen molar-refractivity contribution in [2.45, 2.75) is 37.0 Å². The van der Waals surface area contributed by atoms with E-state index in [4.69, 9.17) is 23.2 Å². The Hall–Kier alpha value is -0.380. The zero-order valence-corrected chi connectivity index (χ0v) is 12.3. The Labute approximate surface area is 116 Å². The number of carbonyl (C=O) groups excluding carboxylic acids is 1. The smallest absolute Gasteiger partial charge is 0.233 e. The topological polar surface area (TPSA) is 29.1 Å². The molecule has 1 amide bonds. The molecule has 94 valence electrons. The molecule has 0 saturated carbocycles. The maximum Gasteiger partial charge on any atom is 0.233 e. The summed E-state index contributed by atoms with van der Waals surface area (Å²) in [4.78, 5) is 12.5. The Balaban J connectivity index is 2.74. The number of halogens is 2. The molecule has 1 aromatic carbocycles. The van der Waals surface area contributed by atoms with Gasteiger partial charge in [-0.3, -0.25) is 4.79 Å². The monoisotopic (exact) mass is 291 g/mol. The molecule has 0 radical (unpaired) electrons. The van der Waals surface area contributed by atoms with Crippen LogP contribution in [-0.2, 0) is 4.79 Å². The number of carbonyl (C=O) groups is 1. The highest BCUT2D eigenvalue weighted by molar-refractivity contribution is 8.00. The van der Waals surface area contributed by atoms with E-state index in [1.54, 1.807) is 18.2 Å². The van der Waals surface area contributed by atoms with E-state index in [1.165, 1.54) is 11.8 Å². The van der Waals surface area contributed by atoms with Crippen LogP contribution >= 0.6 is 35.0 Å². The molecule has 0 bridgehead atoms. The fourth-order valence-corrected chi connectivity index (χ4v) is 2.78. The summed E-state index contributed by atoms with van der Waals surface area (Å²) < 4.78 is 0. The van der Waals surface area contributed by atoms with E-state index in [-0.39, 0.29) is 17.2 Å². The van der Waals surface area contributed by atoms with Gasteiger partial charge in [-0.05, 0) is 32.9 Å². The molecule has 0 aliphatic carbocycles. The highest BCUT2D eigenvalue weighted by atomic mass is 35.5. The van der Waals surface area contributed by atoms with Crippen molar-refractivity contribution in [3.05, 3.63) is 28.2 Å². The summed E-state index contributed by atoms with van der Waals surface area (Å²) in [6.45, 7) is 5.69. The predicted molar refractivity (Wildman–Crippen MR) is 75.1 cm³/mol. The van der Waals surface area contributed by atoms with Crippen molar-refractivity contribution < 1.29 is 4.79 Å². The van der Waals surface area contributed by atoms with Crippen molar-refractivity contribution in [3.63, 3.8) is 0 Å². The molecule has 0 aliphatic heterocycles. The van der Waals surface area contributed by atoms with Gasteiger partial charge >= 0.3 is 0 Å². The lowest BCUT2D eigenvalue weighted by atomic mass is 10.3. The zero-order valence-electron chi connectivity index (χ0n) is 9.96. The molecule has 1 aromatic rings. The first-order valence-corrected chi connectivity index (χ1v) is 6.96. The molecule has 0 heterocycles. The minimum absolute atomic E-state index is 0.0130. The molecule has 0 saturated heterocycles. The quantitative estimate of drug-likeness (QED) is 0.850. The Morgan fingerprint density at radius 2 is 1.76 bits per heavy atom. The van der Waals surface area contributed by atoms with Gasteiger partial charge in [-0.25, -0.2) is 0 Å². The average molecular weight is 292 g/mol. The van der Waals surface area contributed by atoms with Crippen molar-refractivity contribution in [1.82, 2.24) is 5.32 Å². The summed E-state index contributed by atoms with van der Waals surface area (Å²) in [6.07, 6.45) is 0. The molecule has 0 fully saturated rings. The van der Waals surface area contributed by atoms with Gasteiger partial charge in [-0.2, -0.15) is 0 Å². The molecule has 0 aliphatic rings. The lowest BCUT2D eigenvalue weighted by Crippen LogP contribution is -2.35. The summed E-state index contributed by atoms with van der Waals surface area (Å²) in [6, 6.07) is 5.45. The first-order chi connectivity index (χ1) is 7.91. The van der Waals surface area contributed by atoms with Crippen LogP contribution in [0.3, 0.4) is 0 Å². The maximum atomic E-state index is 11.8.